The van der Waals surface area contributed by atoms with Crippen molar-refractivity contribution in [3.8, 4) is 22.3 Å². The molecule has 2 aromatic heterocycles. The zero-order valence-electron chi connectivity index (χ0n) is 16.6. The summed E-state index contributed by atoms with van der Waals surface area (Å²) in [7, 11) is 3.28. The van der Waals surface area contributed by atoms with Gasteiger partial charge in [-0.2, -0.15) is 0 Å². The molecule has 4 rings (SSSR count). The van der Waals surface area contributed by atoms with E-state index in [1.165, 1.54) is 11.3 Å². The number of methoxy groups -OCH3 is 2. The van der Waals surface area contributed by atoms with Crippen LogP contribution in [0.25, 0.3) is 10.8 Å². The van der Waals surface area contributed by atoms with Crippen molar-refractivity contribution in [1.82, 2.24) is 19.9 Å². The number of ether oxygens (including phenoxy) is 2. The van der Waals surface area contributed by atoms with E-state index in [4.69, 9.17) is 9.47 Å². The normalized spacial score (nSPS) is 16.1. The highest BCUT2D eigenvalue weighted by Crippen LogP contribution is 2.40. The Kier molecular flexibility index (Phi) is 5.44. The molecule has 0 bridgehead atoms. The second-order valence-electron chi connectivity index (χ2n) is 6.77. The molecule has 1 aliphatic heterocycles. The van der Waals surface area contributed by atoms with Crippen LogP contribution in [0, 0.1) is 6.92 Å². The molecule has 150 valence electrons. The maximum absolute atomic E-state index is 13.4. The Morgan fingerprint density at radius 1 is 1.21 bits per heavy atom. The molecule has 0 N–H and O–H groups in total. The quantitative estimate of drug-likeness (QED) is 0.635. The van der Waals surface area contributed by atoms with Gasteiger partial charge < -0.3 is 14.4 Å². The van der Waals surface area contributed by atoms with Gasteiger partial charge in [-0.25, -0.2) is 15.0 Å². The lowest BCUT2D eigenvalue weighted by Gasteiger charge is -2.26. The number of thiazole rings is 1. The molecule has 0 aliphatic carbocycles. The maximum atomic E-state index is 13.4. The fraction of sp³-hybridized carbons (Fsp3) is 0.333. The maximum Gasteiger partial charge on any atom is 0.266 e. The van der Waals surface area contributed by atoms with Gasteiger partial charge in [-0.1, -0.05) is 0 Å². The van der Waals surface area contributed by atoms with Crippen LogP contribution in [0.3, 0.4) is 0 Å². The molecular weight excluding hydrogens is 388 g/mol. The lowest BCUT2D eigenvalue weighted by Crippen LogP contribution is -2.30. The molecule has 1 amide bonds. The Hall–Kier alpha value is -3.00. The minimum Gasteiger partial charge on any atom is -0.497 e. The number of benzene rings is 1. The first-order chi connectivity index (χ1) is 14.1. The van der Waals surface area contributed by atoms with Crippen molar-refractivity contribution < 1.29 is 14.3 Å². The molecule has 8 heteroatoms. The molecule has 7 nitrogen and oxygen atoms in total. The number of rotatable bonds is 5. The molecule has 3 heterocycles. The number of likely N-dealkylation sites (tertiary alicyclic amines) is 1. The smallest absolute Gasteiger partial charge is 0.266 e. The van der Waals surface area contributed by atoms with Crippen LogP contribution >= 0.6 is 11.3 Å². The van der Waals surface area contributed by atoms with E-state index in [-0.39, 0.29) is 11.9 Å². The number of nitrogens with zero attached hydrogens (tertiary/aromatic N) is 4. The second-order valence-corrected chi connectivity index (χ2v) is 7.77. The average molecular weight is 410 g/mol. The molecule has 0 spiro atoms. The van der Waals surface area contributed by atoms with Crippen molar-refractivity contribution in [1.29, 1.82) is 0 Å². The number of hydrogen-bond acceptors (Lipinski definition) is 7. The number of aryl methyl sites for hydroxylation is 1. The number of carbonyl (C=O) groups excluding carboxylic acids is 1. The van der Waals surface area contributed by atoms with Gasteiger partial charge in [-0.15, -0.1) is 11.3 Å². The first kappa shape index (κ1) is 19.3. The standard InChI is InChI=1S/C21H22N4O3S/c1-13-18(29-20(24-13)19-22-9-5-10-23-19)21(26)25-11-4-6-16(25)15-12-14(27-2)7-8-17(15)28-3/h5,7-10,12,16H,4,6,11H2,1-3H3/t16-/m1/s1. The summed E-state index contributed by atoms with van der Waals surface area (Å²) in [5.74, 6) is 2.02. The van der Waals surface area contributed by atoms with Crippen molar-refractivity contribution >= 4 is 17.2 Å². The Morgan fingerprint density at radius 3 is 2.72 bits per heavy atom. The van der Waals surface area contributed by atoms with Gasteiger partial charge >= 0.3 is 0 Å². The lowest BCUT2D eigenvalue weighted by molar-refractivity contribution is 0.0738. The predicted octanol–water partition coefficient (Wildman–Crippen LogP) is 3.90. The van der Waals surface area contributed by atoms with Crippen LogP contribution in [0.1, 0.15) is 39.8 Å². The Labute approximate surface area is 173 Å². The summed E-state index contributed by atoms with van der Waals surface area (Å²) in [4.78, 5) is 29.0. The number of hydrogen-bond donors (Lipinski definition) is 0. The molecule has 1 fully saturated rings. The van der Waals surface area contributed by atoms with Gasteiger partial charge in [0.15, 0.2) is 10.8 Å². The molecule has 1 aromatic carbocycles. The van der Waals surface area contributed by atoms with E-state index in [0.717, 1.165) is 29.9 Å². The van der Waals surface area contributed by atoms with Crippen LogP contribution in [0.4, 0.5) is 0 Å². The number of carbonyl (C=O) groups is 1. The van der Waals surface area contributed by atoms with Crippen molar-refractivity contribution in [2.45, 2.75) is 25.8 Å². The summed E-state index contributed by atoms with van der Waals surface area (Å²) < 4.78 is 10.9. The van der Waals surface area contributed by atoms with Crippen molar-refractivity contribution in [2.24, 2.45) is 0 Å². The van der Waals surface area contributed by atoms with Crippen LogP contribution < -0.4 is 9.47 Å². The van der Waals surface area contributed by atoms with Gasteiger partial charge in [0.25, 0.3) is 5.91 Å². The van der Waals surface area contributed by atoms with E-state index in [1.54, 1.807) is 32.7 Å². The predicted molar refractivity (Wildman–Crippen MR) is 110 cm³/mol. The van der Waals surface area contributed by atoms with Gasteiger partial charge in [0.05, 0.1) is 26.0 Å². The average Bonchev–Trinajstić information content (AvgIpc) is 3.40. The van der Waals surface area contributed by atoms with Gasteiger partial charge in [0.1, 0.15) is 16.4 Å². The largest absolute Gasteiger partial charge is 0.497 e. The zero-order valence-corrected chi connectivity index (χ0v) is 17.4. The van der Waals surface area contributed by atoms with Gasteiger partial charge in [0.2, 0.25) is 0 Å². The lowest BCUT2D eigenvalue weighted by atomic mass is 10.0. The molecule has 0 unspecified atom stereocenters. The third kappa shape index (κ3) is 3.67. The molecule has 1 atom stereocenters. The van der Waals surface area contributed by atoms with E-state index in [9.17, 15) is 4.79 Å². The molecule has 0 saturated carbocycles. The molecule has 1 saturated heterocycles. The van der Waals surface area contributed by atoms with E-state index in [1.807, 2.05) is 30.0 Å². The first-order valence-electron chi connectivity index (χ1n) is 9.40. The summed E-state index contributed by atoms with van der Waals surface area (Å²) in [6.45, 7) is 2.55. The Balaban J connectivity index is 1.67. The van der Waals surface area contributed by atoms with Crippen LogP contribution in [-0.4, -0.2) is 46.5 Å². The molecule has 29 heavy (non-hydrogen) atoms. The highest BCUT2D eigenvalue weighted by Gasteiger charge is 2.34. The van der Waals surface area contributed by atoms with Crippen molar-refractivity contribution in [2.75, 3.05) is 20.8 Å². The topological polar surface area (TPSA) is 77.4 Å². The molecule has 1 aliphatic rings. The first-order valence-corrected chi connectivity index (χ1v) is 10.2. The van der Waals surface area contributed by atoms with E-state index in [2.05, 4.69) is 15.0 Å². The highest BCUT2D eigenvalue weighted by atomic mass is 32.1. The van der Waals surface area contributed by atoms with Crippen molar-refractivity contribution in [3.63, 3.8) is 0 Å². The van der Waals surface area contributed by atoms with E-state index < -0.39 is 0 Å². The summed E-state index contributed by atoms with van der Waals surface area (Å²) in [6, 6.07) is 7.40. The van der Waals surface area contributed by atoms with Gasteiger partial charge in [-0.05, 0) is 44.0 Å². The highest BCUT2D eigenvalue weighted by molar-refractivity contribution is 7.17. The molecular formula is C21H22N4O3S. The second kappa shape index (κ2) is 8.16. The van der Waals surface area contributed by atoms with E-state index in [0.29, 0.717) is 27.9 Å². The summed E-state index contributed by atoms with van der Waals surface area (Å²) >= 11 is 1.34. The van der Waals surface area contributed by atoms with Crippen LogP contribution in [0.2, 0.25) is 0 Å². The Morgan fingerprint density at radius 2 is 2.00 bits per heavy atom. The van der Waals surface area contributed by atoms with E-state index >= 15 is 0 Å². The molecule has 3 aromatic rings. The van der Waals surface area contributed by atoms with Crippen LogP contribution in [-0.2, 0) is 0 Å². The van der Waals surface area contributed by atoms with Gasteiger partial charge in [0, 0.05) is 24.5 Å². The minimum atomic E-state index is -0.0644. The van der Waals surface area contributed by atoms with Crippen molar-refractivity contribution in [3.05, 3.63) is 52.8 Å². The van der Waals surface area contributed by atoms with Gasteiger partial charge in [-0.3, -0.25) is 4.79 Å². The third-order valence-corrected chi connectivity index (χ3v) is 6.20. The monoisotopic (exact) mass is 410 g/mol. The SMILES string of the molecule is COc1ccc(OC)c([C@H]2CCCN2C(=O)c2sc(-c3ncccn3)nc2C)c1. The van der Waals surface area contributed by atoms with Crippen LogP contribution in [0.5, 0.6) is 11.5 Å². The fourth-order valence-corrected chi connectivity index (χ4v) is 4.63. The number of aromatic nitrogens is 3. The van der Waals surface area contributed by atoms with Crippen LogP contribution in [0.15, 0.2) is 36.7 Å². The molecule has 0 radical (unpaired) electrons. The summed E-state index contributed by atoms with van der Waals surface area (Å²) in [6.07, 6.45) is 5.16. The minimum absolute atomic E-state index is 0.0189. The zero-order chi connectivity index (χ0) is 20.4. The summed E-state index contributed by atoms with van der Waals surface area (Å²) in [5.41, 5.74) is 1.66. The fourth-order valence-electron chi connectivity index (χ4n) is 3.66. The third-order valence-electron chi connectivity index (χ3n) is 5.06. The Bertz CT molecular complexity index is 1020. The number of amides is 1. The summed E-state index contributed by atoms with van der Waals surface area (Å²) in [5, 5.41) is 0.654.